The lowest BCUT2D eigenvalue weighted by molar-refractivity contribution is 0.290. The molecular formula is C7H19BOSi2. The van der Waals surface area contributed by atoms with Crippen molar-refractivity contribution in [2.75, 3.05) is 0 Å². The van der Waals surface area contributed by atoms with Gasteiger partial charge in [-0.25, -0.2) is 0 Å². The van der Waals surface area contributed by atoms with Gasteiger partial charge in [-0.2, -0.15) is 0 Å². The van der Waals surface area contributed by atoms with Gasteiger partial charge in [-0.05, 0) is 6.92 Å². The van der Waals surface area contributed by atoms with E-state index in [1.165, 1.54) is 0 Å². The van der Waals surface area contributed by atoms with Crippen LogP contribution in [0.1, 0.15) is 6.92 Å². The highest BCUT2D eigenvalue weighted by Gasteiger charge is 2.27. The second-order valence-electron chi connectivity index (χ2n) is 4.73. The van der Waals surface area contributed by atoms with Crippen LogP contribution in [-0.2, 0) is 4.43 Å². The summed E-state index contributed by atoms with van der Waals surface area (Å²) in [4.78, 5) is 0. The van der Waals surface area contributed by atoms with Crippen molar-refractivity contribution in [1.29, 1.82) is 0 Å². The third-order valence-corrected chi connectivity index (χ3v) is 5.45. The van der Waals surface area contributed by atoms with Crippen molar-refractivity contribution in [3.05, 3.63) is 0 Å². The van der Waals surface area contributed by atoms with Crippen LogP contribution in [0.2, 0.25) is 32.7 Å². The quantitative estimate of drug-likeness (QED) is 0.613. The fourth-order valence-electron chi connectivity index (χ4n) is 0.632. The summed E-state index contributed by atoms with van der Waals surface area (Å²) in [6.07, 6.45) is 0. The van der Waals surface area contributed by atoms with E-state index in [-0.39, 0.29) is 0 Å². The Morgan fingerprint density at radius 1 is 1.09 bits per heavy atom. The highest BCUT2D eigenvalue weighted by Crippen LogP contribution is 2.14. The molecule has 0 heterocycles. The third-order valence-electron chi connectivity index (χ3n) is 1.70. The third kappa shape index (κ3) is 5.70. The molecule has 1 nitrogen and oxygen atoms in total. The minimum atomic E-state index is -1.80. The molecule has 0 aliphatic rings. The molecule has 0 aliphatic carbocycles. The molecule has 0 amide bonds. The summed E-state index contributed by atoms with van der Waals surface area (Å²) in [5.41, 5.74) is 0.383. The van der Waals surface area contributed by atoms with E-state index in [2.05, 4.69) is 26.6 Å². The maximum Gasteiger partial charge on any atom is 0.136 e. The molecule has 1 unspecified atom stereocenters. The monoisotopic (exact) mass is 186 g/mol. The Morgan fingerprint density at radius 2 is 1.45 bits per heavy atom. The van der Waals surface area contributed by atoms with Gasteiger partial charge in [0.05, 0.1) is 15.5 Å². The second-order valence-corrected chi connectivity index (χ2v) is 13.7. The van der Waals surface area contributed by atoms with E-state index in [0.717, 1.165) is 0 Å². The van der Waals surface area contributed by atoms with Crippen molar-refractivity contribution in [3.8, 4) is 0 Å². The van der Waals surface area contributed by atoms with Crippen molar-refractivity contribution in [2.24, 2.45) is 0 Å². The Morgan fingerprint density at radius 3 is 1.55 bits per heavy atom. The smallest absolute Gasteiger partial charge is 0.136 e. The van der Waals surface area contributed by atoms with Gasteiger partial charge in [0.1, 0.15) is 8.19 Å². The van der Waals surface area contributed by atoms with E-state index in [1.54, 1.807) is 0 Å². The molecule has 4 heteroatoms. The Bertz CT molecular complexity index is 125. The van der Waals surface area contributed by atoms with Gasteiger partial charge in [0, 0.05) is 5.73 Å². The highest BCUT2D eigenvalue weighted by atomic mass is 28.3. The van der Waals surface area contributed by atoms with Gasteiger partial charge >= 0.3 is 0 Å². The van der Waals surface area contributed by atoms with Crippen LogP contribution in [0.3, 0.4) is 0 Å². The summed E-state index contributed by atoms with van der Waals surface area (Å²) in [5.74, 6) is 0. The molecule has 0 saturated heterocycles. The molecule has 0 rings (SSSR count). The highest BCUT2D eigenvalue weighted by molar-refractivity contribution is 7.12. The van der Waals surface area contributed by atoms with Crippen LogP contribution in [0, 0.1) is 0 Å². The maximum absolute atomic E-state index is 5.87. The molecule has 0 bridgehead atoms. The molecule has 0 spiro atoms. The van der Waals surface area contributed by atoms with Gasteiger partial charge in [0.2, 0.25) is 0 Å². The first kappa shape index (κ1) is 11.5. The average Bonchev–Trinajstić information content (AvgIpc) is 1.56. The predicted octanol–water partition coefficient (Wildman–Crippen LogP) is 2.14. The van der Waals surface area contributed by atoms with Crippen molar-refractivity contribution < 1.29 is 4.43 Å². The van der Waals surface area contributed by atoms with Crippen LogP contribution in [0.5, 0.6) is 0 Å². The topological polar surface area (TPSA) is 9.23 Å². The first-order chi connectivity index (χ1) is 4.63. The Labute approximate surface area is 74.0 Å². The van der Waals surface area contributed by atoms with E-state index in [1.807, 2.05) is 13.1 Å². The zero-order valence-corrected chi connectivity index (χ0v) is 10.6. The van der Waals surface area contributed by atoms with Crippen LogP contribution in [-0.4, -0.2) is 29.4 Å². The van der Waals surface area contributed by atoms with Crippen molar-refractivity contribution in [3.63, 3.8) is 0 Å². The Kier molecular flexibility index (Phi) is 3.60. The summed E-state index contributed by atoms with van der Waals surface area (Å²) >= 11 is 0. The molecule has 0 fully saturated rings. The first-order valence-corrected chi connectivity index (χ1v) is 10.7. The van der Waals surface area contributed by atoms with Crippen LogP contribution in [0.4, 0.5) is 0 Å². The largest absolute Gasteiger partial charge is 0.427 e. The zero-order valence-electron chi connectivity index (χ0n) is 8.56. The van der Waals surface area contributed by atoms with Gasteiger partial charge in [0.15, 0.2) is 0 Å². The van der Waals surface area contributed by atoms with Crippen LogP contribution in [0.25, 0.3) is 0 Å². The minimum Gasteiger partial charge on any atom is -0.427 e. The van der Waals surface area contributed by atoms with Gasteiger partial charge in [-0.15, -0.1) is 0 Å². The molecular weight excluding hydrogens is 167 g/mol. The molecule has 0 aromatic rings. The first-order valence-electron chi connectivity index (χ1n) is 4.09. The molecule has 0 saturated carbocycles. The summed E-state index contributed by atoms with van der Waals surface area (Å²) < 4.78 is 5.78. The number of hydrogen-bond donors (Lipinski definition) is 0. The van der Waals surface area contributed by atoms with Crippen LogP contribution in [0.15, 0.2) is 0 Å². The lowest BCUT2D eigenvalue weighted by Gasteiger charge is -2.32. The summed E-state index contributed by atoms with van der Waals surface area (Å²) in [7, 11) is 2.94. The maximum atomic E-state index is 5.87. The van der Waals surface area contributed by atoms with Crippen molar-refractivity contribution in [2.45, 2.75) is 45.4 Å². The van der Waals surface area contributed by atoms with Crippen molar-refractivity contribution >= 4 is 23.7 Å². The van der Waals surface area contributed by atoms with Gasteiger partial charge in [0.25, 0.3) is 0 Å². The summed E-state index contributed by atoms with van der Waals surface area (Å²) in [6, 6.07) is 0. The number of rotatable bonds is 3. The summed E-state index contributed by atoms with van der Waals surface area (Å²) in [6.45, 7) is 13.1. The minimum absolute atomic E-state index is 0.383. The zero-order chi connectivity index (χ0) is 9.28. The van der Waals surface area contributed by atoms with Gasteiger partial charge in [-0.3, -0.25) is 0 Å². The predicted molar refractivity (Wildman–Crippen MR) is 57.1 cm³/mol. The normalized spacial score (nSPS) is 16.5. The van der Waals surface area contributed by atoms with E-state index < -0.39 is 16.3 Å². The fraction of sp³-hybridized carbons (Fsp3) is 1.00. The van der Waals surface area contributed by atoms with E-state index in [9.17, 15) is 0 Å². The lowest BCUT2D eigenvalue weighted by atomic mass is 10.7. The fourth-order valence-corrected chi connectivity index (χ4v) is 3.87. The van der Waals surface area contributed by atoms with E-state index in [4.69, 9.17) is 11.9 Å². The van der Waals surface area contributed by atoms with E-state index >= 15 is 0 Å². The summed E-state index contributed by atoms with van der Waals surface area (Å²) in [5, 5.41) is 0. The molecule has 1 atom stereocenters. The molecule has 2 radical (unpaired) electrons. The molecule has 11 heavy (non-hydrogen) atoms. The molecule has 64 valence electrons. The standard InChI is InChI=1S/C7H19BOSi2/c1-7(10(2,3)4)9-11(5,6)8/h7H,1-6H3. The van der Waals surface area contributed by atoms with Gasteiger partial charge < -0.3 is 4.43 Å². The Balaban J connectivity index is 3.99. The average molecular weight is 186 g/mol. The second kappa shape index (κ2) is 3.45. The van der Waals surface area contributed by atoms with Crippen molar-refractivity contribution in [1.82, 2.24) is 0 Å². The Hall–Kier alpha value is 0.459. The molecule has 0 aliphatic heterocycles. The van der Waals surface area contributed by atoms with Crippen LogP contribution >= 0.6 is 0 Å². The van der Waals surface area contributed by atoms with Crippen LogP contribution < -0.4 is 0 Å². The lowest BCUT2D eigenvalue weighted by Crippen LogP contribution is -2.46. The molecule has 0 aromatic carbocycles. The van der Waals surface area contributed by atoms with Gasteiger partial charge in [-0.1, -0.05) is 32.7 Å². The van der Waals surface area contributed by atoms with E-state index in [0.29, 0.717) is 5.73 Å². The number of hydrogen-bond acceptors (Lipinski definition) is 1. The molecule has 0 aromatic heterocycles. The molecule has 0 N–H and O–H groups in total. The SMILES string of the molecule is [B][Si](C)(C)OC(C)[Si](C)(C)C.